The molecule has 90 valence electrons. The predicted octanol–water partition coefficient (Wildman–Crippen LogP) is 1.27. The zero-order chi connectivity index (χ0) is 12.4. The van der Waals surface area contributed by atoms with E-state index in [1.807, 2.05) is 0 Å². The summed E-state index contributed by atoms with van der Waals surface area (Å²) in [5.74, 6) is -0.172. The highest BCUT2D eigenvalue weighted by molar-refractivity contribution is 5.95. The van der Waals surface area contributed by atoms with Crippen LogP contribution in [0.5, 0.6) is 0 Å². The van der Waals surface area contributed by atoms with Crippen molar-refractivity contribution in [1.82, 2.24) is 0 Å². The summed E-state index contributed by atoms with van der Waals surface area (Å²) in [7, 11) is 0. The molecule has 0 unspecified atom stereocenters. The summed E-state index contributed by atoms with van der Waals surface area (Å²) in [6.45, 7) is 2.58. The average Bonchev–Trinajstić information content (AvgIpc) is 2.30. The first-order valence-electron chi connectivity index (χ1n) is 5.23. The maximum absolute atomic E-state index is 11.6. The fraction of sp³-hybridized carbons (Fsp3) is 0.364. The van der Waals surface area contributed by atoms with Crippen LogP contribution in [0.3, 0.4) is 0 Å². The summed E-state index contributed by atoms with van der Waals surface area (Å²) >= 11 is 0. The zero-order valence-electron chi connectivity index (χ0n) is 9.38. The van der Waals surface area contributed by atoms with E-state index in [-0.39, 0.29) is 18.2 Å². The molecule has 1 fully saturated rings. The van der Waals surface area contributed by atoms with Crippen LogP contribution in [0.2, 0.25) is 0 Å². The zero-order valence-corrected chi connectivity index (χ0v) is 9.38. The minimum atomic E-state index is -0.441. The number of hydrogen-bond donors (Lipinski definition) is 0. The second kappa shape index (κ2) is 4.50. The van der Waals surface area contributed by atoms with Gasteiger partial charge in [0.1, 0.15) is 6.61 Å². The van der Waals surface area contributed by atoms with Crippen molar-refractivity contribution in [3.8, 4) is 0 Å². The second-order valence-electron chi connectivity index (χ2n) is 3.83. The highest BCUT2D eigenvalue weighted by atomic mass is 16.6. The molecule has 0 atom stereocenters. The van der Waals surface area contributed by atoms with E-state index in [0.29, 0.717) is 24.4 Å². The maximum Gasteiger partial charge on any atom is 0.274 e. The number of anilines is 1. The largest absolute Gasteiger partial charge is 0.370 e. The molecule has 1 heterocycles. The summed E-state index contributed by atoms with van der Waals surface area (Å²) in [4.78, 5) is 23.5. The topological polar surface area (TPSA) is 72.7 Å². The summed E-state index contributed by atoms with van der Waals surface area (Å²) in [5, 5.41) is 10.8. The summed E-state index contributed by atoms with van der Waals surface area (Å²) in [6, 6.07) is 4.79. The van der Waals surface area contributed by atoms with E-state index in [9.17, 15) is 14.9 Å². The standard InChI is InChI=1S/C11H12N2O4/c1-8-2-3-9(6-10(8)13(15)16)12-4-5-17-7-11(12)14/h2-3,6H,4-5,7H2,1H3. The van der Waals surface area contributed by atoms with Crippen LogP contribution in [0, 0.1) is 17.0 Å². The lowest BCUT2D eigenvalue weighted by Gasteiger charge is -2.26. The Hall–Kier alpha value is -1.95. The van der Waals surface area contributed by atoms with Gasteiger partial charge in [-0.15, -0.1) is 0 Å². The van der Waals surface area contributed by atoms with Crippen LogP contribution in [0.1, 0.15) is 5.56 Å². The minimum Gasteiger partial charge on any atom is -0.370 e. The van der Waals surface area contributed by atoms with Crippen LogP contribution in [0.15, 0.2) is 18.2 Å². The molecular weight excluding hydrogens is 224 g/mol. The van der Waals surface area contributed by atoms with Crippen LogP contribution in [0.25, 0.3) is 0 Å². The van der Waals surface area contributed by atoms with E-state index in [2.05, 4.69) is 0 Å². The molecule has 0 saturated carbocycles. The number of nitrogens with zero attached hydrogens (tertiary/aromatic N) is 2. The van der Waals surface area contributed by atoms with Crippen molar-refractivity contribution in [2.24, 2.45) is 0 Å². The summed E-state index contributed by atoms with van der Waals surface area (Å²) < 4.78 is 5.01. The van der Waals surface area contributed by atoms with Gasteiger partial charge in [-0.2, -0.15) is 0 Å². The number of rotatable bonds is 2. The molecule has 0 spiro atoms. The van der Waals surface area contributed by atoms with Crippen molar-refractivity contribution in [2.45, 2.75) is 6.92 Å². The van der Waals surface area contributed by atoms with E-state index < -0.39 is 4.92 Å². The number of benzene rings is 1. The first kappa shape index (κ1) is 11.5. The van der Waals surface area contributed by atoms with E-state index in [1.165, 1.54) is 11.0 Å². The van der Waals surface area contributed by atoms with Crippen LogP contribution >= 0.6 is 0 Å². The molecule has 1 aliphatic rings. The van der Waals surface area contributed by atoms with E-state index in [0.717, 1.165) is 0 Å². The van der Waals surface area contributed by atoms with Gasteiger partial charge in [0.05, 0.1) is 17.2 Å². The molecule has 6 heteroatoms. The quantitative estimate of drug-likeness (QED) is 0.572. The van der Waals surface area contributed by atoms with E-state index >= 15 is 0 Å². The molecule has 1 aromatic rings. The molecule has 1 aromatic carbocycles. The van der Waals surface area contributed by atoms with Crippen LogP contribution in [-0.2, 0) is 9.53 Å². The van der Waals surface area contributed by atoms with E-state index in [4.69, 9.17) is 4.74 Å². The first-order valence-corrected chi connectivity index (χ1v) is 5.23. The van der Waals surface area contributed by atoms with Crippen molar-refractivity contribution in [3.05, 3.63) is 33.9 Å². The van der Waals surface area contributed by atoms with Crippen LogP contribution < -0.4 is 4.90 Å². The van der Waals surface area contributed by atoms with Crippen molar-refractivity contribution >= 4 is 17.3 Å². The van der Waals surface area contributed by atoms with Gasteiger partial charge >= 0.3 is 0 Å². The molecule has 1 aliphatic heterocycles. The number of ether oxygens (including phenoxy) is 1. The van der Waals surface area contributed by atoms with Crippen molar-refractivity contribution in [1.29, 1.82) is 0 Å². The van der Waals surface area contributed by atoms with Gasteiger partial charge in [0.2, 0.25) is 0 Å². The molecule has 1 amide bonds. The number of nitro groups is 1. The minimum absolute atomic E-state index is 0.0294. The lowest BCUT2D eigenvalue weighted by Crippen LogP contribution is -2.41. The van der Waals surface area contributed by atoms with Gasteiger partial charge in [0, 0.05) is 18.2 Å². The fourth-order valence-corrected chi connectivity index (χ4v) is 1.75. The molecule has 0 N–H and O–H groups in total. The SMILES string of the molecule is Cc1ccc(N2CCOCC2=O)cc1[N+](=O)[O-]. The van der Waals surface area contributed by atoms with Gasteiger partial charge in [-0.05, 0) is 13.0 Å². The molecule has 0 bridgehead atoms. The highest BCUT2D eigenvalue weighted by Crippen LogP contribution is 2.25. The molecule has 17 heavy (non-hydrogen) atoms. The smallest absolute Gasteiger partial charge is 0.274 e. The Morgan fingerprint density at radius 3 is 2.88 bits per heavy atom. The third kappa shape index (κ3) is 2.26. The Morgan fingerprint density at radius 2 is 2.24 bits per heavy atom. The second-order valence-corrected chi connectivity index (χ2v) is 3.83. The third-order valence-corrected chi connectivity index (χ3v) is 2.69. The lowest BCUT2D eigenvalue weighted by atomic mass is 10.1. The number of carbonyl (C=O) groups excluding carboxylic acids is 1. The van der Waals surface area contributed by atoms with Crippen molar-refractivity contribution in [3.63, 3.8) is 0 Å². The average molecular weight is 236 g/mol. The molecule has 0 aromatic heterocycles. The Kier molecular flexibility index (Phi) is 3.06. The fourth-order valence-electron chi connectivity index (χ4n) is 1.75. The molecule has 2 rings (SSSR count). The number of morpholine rings is 1. The molecule has 6 nitrogen and oxygen atoms in total. The van der Waals surface area contributed by atoms with E-state index in [1.54, 1.807) is 19.1 Å². The molecule has 0 radical (unpaired) electrons. The number of aryl methyl sites for hydroxylation is 1. The number of hydrogen-bond acceptors (Lipinski definition) is 4. The maximum atomic E-state index is 11.6. The monoisotopic (exact) mass is 236 g/mol. The molecule has 1 saturated heterocycles. The van der Waals surface area contributed by atoms with Crippen molar-refractivity contribution < 1.29 is 14.5 Å². The Morgan fingerprint density at radius 1 is 1.47 bits per heavy atom. The summed E-state index contributed by atoms with van der Waals surface area (Å²) in [6.07, 6.45) is 0. The number of carbonyl (C=O) groups is 1. The third-order valence-electron chi connectivity index (χ3n) is 2.69. The van der Waals surface area contributed by atoms with Gasteiger partial charge in [-0.1, -0.05) is 6.07 Å². The van der Waals surface area contributed by atoms with Gasteiger partial charge in [-0.25, -0.2) is 0 Å². The number of amides is 1. The Bertz CT molecular complexity index is 473. The Labute approximate surface area is 97.9 Å². The van der Waals surface area contributed by atoms with Gasteiger partial charge in [-0.3, -0.25) is 14.9 Å². The first-order chi connectivity index (χ1) is 8.09. The van der Waals surface area contributed by atoms with Crippen LogP contribution in [-0.4, -0.2) is 30.6 Å². The van der Waals surface area contributed by atoms with Gasteiger partial charge < -0.3 is 9.64 Å². The van der Waals surface area contributed by atoms with Gasteiger partial charge in [0.15, 0.2) is 0 Å². The van der Waals surface area contributed by atoms with Crippen LogP contribution in [0.4, 0.5) is 11.4 Å². The molecular formula is C11H12N2O4. The molecule has 0 aliphatic carbocycles. The Balaban J connectivity index is 2.35. The van der Waals surface area contributed by atoms with Crippen molar-refractivity contribution in [2.75, 3.05) is 24.7 Å². The normalized spacial score (nSPS) is 16.1. The number of nitro benzene ring substituents is 1. The lowest BCUT2D eigenvalue weighted by molar-refractivity contribution is -0.385. The predicted molar refractivity (Wildman–Crippen MR) is 61.0 cm³/mol. The summed E-state index contributed by atoms with van der Waals surface area (Å²) in [5.41, 5.74) is 1.16. The van der Waals surface area contributed by atoms with Gasteiger partial charge in [0.25, 0.3) is 11.6 Å². The highest BCUT2D eigenvalue weighted by Gasteiger charge is 2.22.